The molecule has 0 rings (SSSR count). The highest BCUT2D eigenvalue weighted by Gasteiger charge is 2.22. The van der Waals surface area contributed by atoms with Crippen LogP contribution < -0.4 is 0 Å². The molecule has 0 spiro atoms. The fraction of sp³-hybridized carbons (Fsp3) is 0.840. The lowest BCUT2D eigenvalue weighted by atomic mass is 9.97. The number of carboxylic acids is 1. The van der Waals surface area contributed by atoms with E-state index in [9.17, 15) is 9.59 Å². The summed E-state index contributed by atoms with van der Waals surface area (Å²) in [5.41, 5.74) is 0. The zero-order valence-corrected chi connectivity index (χ0v) is 19.1. The van der Waals surface area contributed by atoms with E-state index in [1.54, 1.807) is 0 Å². The average molecular weight is 411 g/mol. The number of hydrogen-bond donors (Lipinski definition) is 1. The van der Waals surface area contributed by atoms with E-state index in [2.05, 4.69) is 19.1 Å². The molecule has 0 aromatic carbocycles. The van der Waals surface area contributed by atoms with Gasteiger partial charge in [0.2, 0.25) is 0 Å². The van der Waals surface area contributed by atoms with Crippen molar-refractivity contribution in [1.82, 2.24) is 0 Å². The van der Waals surface area contributed by atoms with Crippen molar-refractivity contribution in [2.75, 3.05) is 6.61 Å². The number of ether oxygens (including phenoxy) is 1. The molecule has 0 fully saturated rings. The summed E-state index contributed by atoms with van der Waals surface area (Å²) in [4.78, 5) is 22.9. The third-order valence-corrected chi connectivity index (χ3v) is 5.27. The molecular weight excluding hydrogens is 364 g/mol. The zero-order valence-electron chi connectivity index (χ0n) is 19.1. The van der Waals surface area contributed by atoms with Crippen LogP contribution in [0, 0.1) is 5.92 Å². The second kappa shape index (κ2) is 21.4. The fourth-order valence-corrected chi connectivity index (χ4v) is 3.47. The number of hydrogen-bond acceptors (Lipinski definition) is 3. The van der Waals surface area contributed by atoms with Crippen LogP contribution in [0.1, 0.15) is 123 Å². The molecule has 0 heterocycles. The van der Waals surface area contributed by atoms with Crippen molar-refractivity contribution in [3.63, 3.8) is 0 Å². The first kappa shape index (κ1) is 27.7. The summed E-state index contributed by atoms with van der Waals surface area (Å²) < 4.78 is 5.12. The standard InChI is InChI=1S/C25H46O4/c1-3-5-6-7-8-9-10-11-12-13-14-15-16-17-18-19-20-23(22-24(26)27)25(28)29-21-4-2/h12-13,23H,3-11,14-22H2,1-2H3,(H,26,27)/b13-12+. The smallest absolute Gasteiger partial charge is 0.309 e. The molecular formula is C25H46O4. The fourth-order valence-electron chi connectivity index (χ4n) is 3.47. The van der Waals surface area contributed by atoms with Crippen molar-refractivity contribution >= 4 is 11.9 Å². The Bertz CT molecular complexity index is 417. The van der Waals surface area contributed by atoms with Gasteiger partial charge in [-0.05, 0) is 38.5 Å². The first-order valence-corrected chi connectivity index (χ1v) is 12.1. The van der Waals surface area contributed by atoms with Crippen LogP contribution in [-0.2, 0) is 14.3 Å². The third-order valence-electron chi connectivity index (χ3n) is 5.27. The maximum Gasteiger partial charge on any atom is 0.309 e. The highest BCUT2D eigenvalue weighted by Crippen LogP contribution is 2.17. The topological polar surface area (TPSA) is 63.6 Å². The van der Waals surface area contributed by atoms with Gasteiger partial charge in [-0.3, -0.25) is 9.59 Å². The highest BCUT2D eigenvalue weighted by molar-refractivity contribution is 5.79. The predicted octanol–water partition coefficient (Wildman–Crippen LogP) is 7.46. The molecule has 170 valence electrons. The van der Waals surface area contributed by atoms with Crippen molar-refractivity contribution in [2.45, 2.75) is 123 Å². The van der Waals surface area contributed by atoms with E-state index in [-0.39, 0.29) is 12.4 Å². The molecule has 0 aromatic rings. The highest BCUT2D eigenvalue weighted by atomic mass is 16.5. The number of unbranched alkanes of at least 4 members (excludes halogenated alkanes) is 12. The molecule has 0 aliphatic carbocycles. The van der Waals surface area contributed by atoms with Gasteiger partial charge in [-0.15, -0.1) is 0 Å². The van der Waals surface area contributed by atoms with E-state index in [4.69, 9.17) is 9.84 Å². The van der Waals surface area contributed by atoms with E-state index >= 15 is 0 Å². The molecule has 0 saturated heterocycles. The van der Waals surface area contributed by atoms with Crippen molar-refractivity contribution in [3.8, 4) is 0 Å². The van der Waals surface area contributed by atoms with Gasteiger partial charge in [-0.25, -0.2) is 0 Å². The van der Waals surface area contributed by atoms with E-state index in [0.717, 1.165) is 32.1 Å². The molecule has 4 nitrogen and oxygen atoms in total. The third kappa shape index (κ3) is 19.8. The van der Waals surface area contributed by atoms with Crippen molar-refractivity contribution in [2.24, 2.45) is 5.92 Å². The molecule has 0 amide bonds. The molecule has 0 aliphatic rings. The summed E-state index contributed by atoms with van der Waals surface area (Å²) in [6.45, 7) is 4.57. The van der Waals surface area contributed by atoms with E-state index in [0.29, 0.717) is 13.0 Å². The SMILES string of the molecule is CCCCCCCCC/C=C/CCCCCCCC(CC(=O)O)C(=O)OCCC. The minimum absolute atomic E-state index is 0.119. The molecule has 0 aliphatic heterocycles. The van der Waals surface area contributed by atoms with Crippen molar-refractivity contribution in [1.29, 1.82) is 0 Å². The second-order valence-electron chi connectivity index (χ2n) is 8.19. The summed E-state index contributed by atoms with van der Waals surface area (Å²) in [6.07, 6.45) is 23.4. The van der Waals surface area contributed by atoms with Crippen LogP contribution in [0.15, 0.2) is 12.2 Å². The summed E-state index contributed by atoms with van der Waals surface area (Å²) in [6, 6.07) is 0. The number of carbonyl (C=O) groups is 2. The number of carboxylic acid groups (broad SMARTS) is 1. The van der Waals surface area contributed by atoms with Crippen molar-refractivity contribution < 1.29 is 19.4 Å². The van der Waals surface area contributed by atoms with Gasteiger partial charge < -0.3 is 9.84 Å². The summed E-state index contributed by atoms with van der Waals surface area (Å²) >= 11 is 0. The van der Waals surface area contributed by atoms with Crippen LogP contribution in [0.3, 0.4) is 0 Å². The normalized spacial score (nSPS) is 12.3. The van der Waals surface area contributed by atoms with Gasteiger partial charge in [-0.2, -0.15) is 0 Å². The Morgan fingerprint density at radius 1 is 0.759 bits per heavy atom. The molecule has 4 heteroatoms. The van der Waals surface area contributed by atoms with Gasteiger partial charge in [0.25, 0.3) is 0 Å². The number of carbonyl (C=O) groups excluding carboxylic acids is 1. The molecule has 1 atom stereocenters. The molecule has 1 N–H and O–H groups in total. The van der Waals surface area contributed by atoms with Crippen LogP contribution in [0.5, 0.6) is 0 Å². The Balaban J connectivity index is 3.57. The molecule has 0 saturated carbocycles. The van der Waals surface area contributed by atoms with E-state index < -0.39 is 11.9 Å². The average Bonchev–Trinajstić information content (AvgIpc) is 2.70. The van der Waals surface area contributed by atoms with Crippen LogP contribution in [0.2, 0.25) is 0 Å². The van der Waals surface area contributed by atoms with E-state index in [1.807, 2.05) is 6.92 Å². The first-order valence-electron chi connectivity index (χ1n) is 12.1. The van der Waals surface area contributed by atoms with Crippen LogP contribution in [0.25, 0.3) is 0 Å². The lowest BCUT2D eigenvalue weighted by Gasteiger charge is -2.13. The van der Waals surface area contributed by atoms with Gasteiger partial charge in [0.1, 0.15) is 0 Å². The lowest BCUT2D eigenvalue weighted by Crippen LogP contribution is -2.21. The number of aliphatic carboxylic acids is 1. The molecule has 0 aromatic heterocycles. The van der Waals surface area contributed by atoms with Gasteiger partial charge in [-0.1, -0.05) is 90.2 Å². The molecule has 0 radical (unpaired) electrons. The van der Waals surface area contributed by atoms with Gasteiger partial charge >= 0.3 is 11.9 Å². The minimum atomic E-state index is -0.924. The van der Waals surface area contributed by atoms with Gasteiger partial charge in [0, 0.05) is 0 Å². The predicted molar refractivity (Wildman–Crippen MR) is 121 cm³/mol. The Hall–Kier alpha value is -1.32. The maximum absolute atomic E-state index is 11.9. The maximum atomic E-state index is 11.9. The molecule has 29 heavy (non-hydrogen) atoms. The van der Waals surface area contributed by atoms with Gasteiger partial charge in [0.15, 0.2) is 0 Å². The Kier molecular flexibility index (Phi) is 20.4. The summed E-state index contributed by atoms with van der Waals surface area (Å²) in [5.74, 6) is -1.76. The Morgan fingerprint density at radius 2 is 1.28 bits per heavy atom. The molecule has 0 bridgehead atoms. The Labute approximate surface area is 179 Å². The quantitative estimate of drug-likeness (QED) is 0.121. The van der Waals surface area contributed by atoms with Crippen molar-refractivity contribution in [3.05, 3.63) is 12.2 Å². The minimum Gasteiger partial charge on any atom is -0.481 e. The summed E-state index contributed by atoms with van der Waals surface area (Å²) in [5, 5.41) is 8.98. The number of allylic oxidation sites excluding steroid dienone is 2. The van der Waals surface area contributed by atoms with E-state index in [1.165, 1.54) is 64.2 Å². The lowest BCUT2D eigenvalue weighted by molar-refractivity contribution is -0.153. The zero-order chi connectivity index (χ0) is 21.6. The van der Waals surface area contributed by atoms with Gasteiger partial charge in [0.05, 0.1) is 18.9 Å². The number of rotatable bonds is 21. The monoisotopic (exact) mass is 410 g/mol. The largest absolute Gasteiger partial charge is 0.481 e. The first-order chi connectivity index (χ1) is 14.1. The van der Waals surface area contributed by atoms with Crippen LogP contribution in [-0.4, -0.2) is 23.7 Å². The van der Waals surface area contributed by atoms with Crippen LogP contribution in [0.4, 0.5) is 0 Å². The van der Waals surface area contributed by atoms with Crippen LogP contribution >= 0.6 is 0 Å². The molecule has 1 unspecified atom stereocenters. The second-order valence-corrected chi connectivity index (χ2v) is 8.19. The number of esters is 1. The summed E-state index contributed by atoms with van der Waals surface area (Å²) in [7, 11) is 0. The Morgan fingerprint density at radius 3 is 1.79 bits per heavy atom.